The van der Waals surface area contributed by atoms with Crippen LogP contribution >= 0.6 is 11.6 Å². The third-order valence-corrected chi connectivity index (χ3v) is 4.47. The van der Waals surface area contributed by atoms with Crippen LogP contribution in [0, 0.1) is 5.82 Å². The second-order valence-electron chi connectivity index (χ2n) is 5.80. The summed E-state index contributed by atoms with van der Waals surface area (Å²) < 4.78 is 13.3. The van der Waals surface area contributed by atoms with Crippen molar-refractivity contribution in [3.05, 3.63) is 94.8 Å². The lowest BCUT2D eigenvalue weighted by molar-refractivity contribution is 0.0975. The molecule has 0 spiro atoms. The van der Waals surface area contributed by atoms with E-state index in [0.717, 1.165) is 11.3 Å². The quantitative estimate of drug-likeness (QED) is 0.683. The minimum absolute atomic E-state index is 0.119. The van der Waals surface area contributed by atoms with E-state index in [1.165, 1.54) is 12.1 Å². The van der Waals surface area contributed by atoms with Gasteiger partial charge in [-0.1, -0.05) is 35.9 Å². The first-order chi connectivity index (χ1) is 12.1. The van der Waals surface area contributed by atoms with Gasteiger partial charge in [-0.15, -0.1) is 0 Å². The molecule has 0 aliphatic carbocycles. The summed E-state index contributed by atoms with van der Waals surface area (Å²) in [6.45, 7) is 0. The number of carbonyl (C=O) groups is 1. The Bertz CT molecular complexity index is 925. The molecule has 1 N–H and O–H groups in total. The van der Waals surface area contributed by atoms with Gasteiger partial charge in [-0.25, -0.2) is 4.39 Å². The molecule has 124 valence electrons. The number of nitrogens with zero attached hydrogens (tertiary/aromatic N) is 1. The zero-order chi connectivity index (χ0) is 17.4. The second-order valence-corrected chi connectivity index (χ2v) is 6.23. The average Bonchev–Trinajstić information content (AvgIpc) is 2.63. The van der Waals surface area contributed by atoms with Crippen molar-refractivity contribution in [1.82, 2.24) is 0 Å². The van der Waals surface area contributed by atoms with Gasteiger partial charge in [0.2, 0.25) is 0 Å². The average molecular weight is 353 g/mol. The summed E-state index contributed by atoms with van der Waals surface area (Å²) in [7, 11) is 0. The summed E-state index contributed by atoms with van der Waals surface area (Å²) in [5.74, 6) is -0.435. The molecule has 0 unspecified atom stereocenters. The third kappa shape index (κ3) is 2.85. The Morgan fingerprint density at radius 3 is 2.32 bits per heavy atom. The standard InChI is InChI=1S/C20H14ClFN2O/c21-14-7-11-16(12-8-14)24-19(13-5-9-15(22)10-6-13)23-18-4-2-1-3-17(18)20(24)25/h1-12,19,23H/t19-/m1/s1. The molecule has 1 heterocycles. The van der Waals surface area contributed by atoms with Crippen molar-refractivity contribution in [2.75, 3.05) is 10.2 Å². The van der Waals surface area contributed by atoms with Gasteiger partial charge in [-0.3, -0.25) is 9.69 Å². The number of fused-ring (bicyclic) bond motifs is 1. The van der Waals surface area contributed by atoms with Crippen LogP contribution in [0.5, 0.6) is 0 Å². The van der Waals surface area contributed by atoms with E-state index in [0.29, 0.717) is 16.3 Å². The number of carbonyl (C=O) groups excluding carboxylic acids is 1. The highest BCUT2D eigenvalue weighted by Gasteiger charge is 2.33. The van der Waals surface area contributed by atoms with Crippen molar-refractivity contribution in [3.63, 3.8) is 0 Å². The minimum atomic E-state index is -0.441. The molecule has 1 atom stereocenters. The molecular formula is C20H14ClFN2O. The zero-order valence-electron chi connectivity index (χ0n) is 13.1. The molecule has 25 heavy (non-hydrogen) atoms. The molecule has 1 aliphatic heterocycles. The Hall–Kier alpha value is -2.85. The van der Waals surface area contributed by atoms with Crippen LogP contribution in [0.15, 0.2) is 72.8 Å². The lowest BCUT2D eigenvalue weighted by Gasteiger charge is -2.38. The van der Waals surface area contributed by atoms with Gasteiger partial charge >= 0.3 is 0 Å². The Kier molecular flexibility index (Phi) is 3.90. The van der Waals surface area contributed by atoms with E-state index in [1.807, 2.05) is 18.2 Å². The van der Waals surface area contributed by atoms with E-state index >= 15 is 0 Å². The summed E-state index contributed by atoms with van der Waals surface area (Å²) in [6.07, 6.45) is -0.441. The molecule has 0 fully saturated rings. The lowest BCUT2D eigenvalue weighted by atomic mass is 10.0. The number of hydrogen-bond acceptors (Lipinski definition) is 2. The maximum Gasteiger partial charge on any atom is 0.262 e. The van der Waals surface area contributed by atoms with Crippen molar-refractivity contribution >= 4 is 28.9 Å². The fourth-order valence-corrected chi connectivity index (χ4v) is 3.13. The number of benzene rings is 3. The van der Waals surface area contributed by atoms with Gasteiger partial charge in [-0.2, -0.15) is 0 Å². The van der Waals surface area contributed by atoms with Gasteiger partial charge in [0.25, 0.3) is 5.91 Å². The maximum atomic E-state index is 13.3. The number of amides is 1. The second kappa shape index (κ2) is 6.22. The smallest absolute Gasteiger partial charge is 0.262 e. The van der Waals surface area contributed by atoms with Crippen LogP contribution in [-0.4, -0.2) is 5.91 Å². The highest BCUT2D eigenvalue weighted by Crippen LogP contribution is 2.36. The molecule has 0 aromatic heterocycles. The molecule has 0 bridgehead atoms. The fraction of sp³-hybridized carbons (Fsp3) is 0.0500. The zero-order valence-corrected chi connectivity index (χ0v) is 13.9. The fourth-order valence-electron chi connectivity index (χ4n) is 3.00. The van der Waals surface area contributed by atoms with Crippen LogP contribution < -0.4 is 10.2 Å². The lowest BCUT2D eigenvalue weighted by Crippen LogP contribution is -2.43. The van der Waals surface area contributed by atoms with Crippen molar-refractivity contribution in [2.45, 2.75) is 6.17 Å². The molecule has 0 saturated carbocycles. The van der Waals surface area contributed by atoms with Crippen molar-refractivity contribution < 1.29 is 9.18 Å². The Morgan fingerprint density at radius 1 is 0.920 bits per heavy atom. The van der Waals surface area contributed by atoms with Crippen LogP contribution in [0.2, 0.25) is 5.02 Å². The number of halogens is 2. The summed E-state index contributed by atoms with van der Waals surface area (Å²) in [4.78, 5) is 14.8. The molecule has 1 aliphatic rings. The van der Waals surface area contributed by atoms with Gasteiger partial charge in [0.15, 0.2) is 0 Å². The topological polar surface area (TPSA) is 32.3 Å². The van der Waals surface area contributed by atoms with Crippen LogP contribution in [0.4, 0.5) is 15.8 Å². The molecule has 1 amide bonds. The highest BCUT2D eigenvalue weighted by atomic mass is 35.5. The summed E-state index contributed by atoms with van der Waals surface area (Å²) in [6, 6.07) is 20.6. The Balaban J connectivity index is 1.85. The van der Waals surface area contributed by atoms with E-state index in [9.17, 15) is 9.18 Å². The van der Waals surface area contributed by atoms with E-state index < -0.39 is 6.17 Å². The number of nitrogens with one attached hydrogen (secondary N) is 1. The maximum absolute atomic E-state index is 13.3. The molecule has 5 heteroatoms. The van der Waals surface area contributed by atoms with E-state index in [4.69, 9.17) is 11.6 Å². The summed E-state index contributed by atoms with van der Waals surface area (Å²) in [5.41, 5.74) is 2.85. The summed E-state index contributed by atoms with van der Waals surface area (Å²) in [5, 5.41) is 3.97. The first-order valence-electron chi connectivity index (χ1n) is 7.83. The first-order valence-corrected chi connectivity index (χ1v) is 8.21. The van der Waals surface area contributed by atoms with Crippen LogP contribution in [-0.2, 0) is 0 Å². The number of anilines is 2. The van der Waals surface area contributed by atoms with E-state index in [1.54, 1.807) is 47.4 Å². The molecule has 0 radical (unpaired) electrons. The molecular weight excluding hydrogens is 339 g/mol. The Labute approximate surface area is 149 Å². The predicted octanol–water partition coefficient (Wildman–Crippen LogP) is 5.25. The number of para-hydroxylation sites is 1. The van der Waals surface area contributed by atoms with Crippen LogP contribution in [0.3, 0.4) is 0 Å². The molecule has 3 nitrogen and oxygen atoms in total. The van der Waals surface area contributed by atoms with Gasteiger partial charge in [0, 0.05) is 16.4 Å². The van der Waals surface area contributed by atoms with E-state index in [-0.39, 0.29) is 11.7 Å². The molecule has 3 aromatic carbocycles. The van der Waals surface area contributed by atoms with Crippen molar-refractivity contribution in [1.29, 1.82) is 0 Å². The van der Waals surface area contributed by atoms with Gasteiger partial charge in [0.1, 0.15) is 12.0 Å². The normalized spacial score (nSPS) is 16.3. The first kappa shape index (κ1) is 15.7. The highest BCUT2D eigenvalue weighted by molar-refractivity contribution is 6.30. The van der Waals surface area contributed by atoms with Crippen LogP contribution in [0.1, 0.15) is 22.1 Å². The number of rotatable bonds is 2. The predicted molar refractivity (Wildman–Crippen MR) is 97.5 cm³/mol. The summed E-state index contributed by atoms with van der Waals surface area (Å²) >= 11 is 5.98. The minimum Gasteiger partial charge on any atom is -0.360 e. The largest absolute Gasteiger partial charge is 0.360 e. The monoisotopic (exact) mass is 352 g/mol. The third-order valence-electron chi connectivity index (χ3n) is 4.22. The molecule has 0 saturated heterocycles. The van der Waals surface area contributed by atoms with Crippen molar-refractivity contribution in [3.8, 4) is 0 Å². The van der Waals surface area contributed by atoms with Gasteiger partial charge in [0.05, 0.1) is 5.56 Å². The van der Waals surface area contributed by atoms with Gasteiger partial charge in [-0.05, 0) is 54.1 Å². The Morgan fingerprint density at radius 2 is 1.60 bits per heavy atom. The van der Waals surface area contributed by atoms with Crippen LogP contribution in [0.25, 0.3) is 0 Å². The number of hydrogen-bond donors (Lipinski definition) is 1. The molecule has 3 aromatic rings. The van der Waals surface area contributed by atoms with E-state index in [2.05, 4.69) is 5.32 Å². The van der Waals surface area contributed by atoms with Crippen molar-refractivity contribution in [2.24, 2.45) is 0 Å². The molecule has 4 rings (SSSR count). The SMILES string of the molecule is O=C1c2ccccc2N[C@@H](c2ccc(F)cc2)N1c1ccc(Cl)cc1. The van der Waals surface area contributed by atoms with Gasteiger partial charge < -0.3 is 5.32 Å².